The number of aromatic nitrogens is 4. The Morgan fingerprint density at radius 1 is 1.53 bits per heavy atom. The van der Waals surface area contributed by atoms with Crippen molar-refractivity contribution in [2.24, 2.45) is 0 Å². The van der Waals surface area contributed by atoms with Crippen LogP contribution in [-0.2, 0) is 6.42 Å². The largest absolute Gasteiger partial charge is 0.301 e. The SMILES string of the molecule is CCCc1cc(=O)[nH]c(Sc2nnccc2C#N)n1. The third-order valence-corrected chi connectivity index (χ3v) is 3.16. The minimum Gasteiger partial charge on any atom is -0.301 e. The summed E-state index contributed by atoms with van der Waals surface area (Å²) in [6.07, 6.45) is 3.10. The van der Waals surface area contributed by atoms with Gasteiger partial charge in [-0.15, -0.1) is 5.10 Å². The molecular weight excluding hydrogens is 262 g/mol. The molecule has 0 aliphatic heterocycles. The Balaban J connectivity index is 2.33. The summed E-state index contributed by atoms with van der Waals surface area (Å²) in [5, 5.41) is 17.4. The van der Waals surface area contributed by atoms with Crippen molar-refractivity contribution in [2.75, 3.05) is 0 Å². The van der Waals surface area contributed by atoms with Gasteiger partial charge in [0.2, 0.25) is 0 Å². The quantitative estimate of drug-likeness (QED) is 0.849. The van der Waals surface area contributed by atoms with E-state index in [0.29, 0.717) is 15.7 Å². The van der Waals surface area contributed by atoms with E-state index in [0.717, 1.165) is 30.3 Å². The zero-order chi connectivity index (χ0) is 13.7. The standard InChI is InChI=1S/C12H11N5OS/c1-2-3-9-6-10(18)16-12(15-9)19-11-8(7-13)4-5-14-17-11/h4-6H,2-3H2,1H3,(H,15,16,18). The van der Waals surface area contributed by atoms with Gasteiger partial charge in [0.1, 0.15) is 11.1 Å². The fourth-order valence-electron chi connectivity index (χ4n) is 1.49. The molecule has 0 aliphatic rings. The Kier molecular flexibility index (Phi) is 4.26. The van der Waals surface area contributed by atoms with Crippen molar-refractivity contribution >= 4 is 11.8 Å². The minimum atomic E-state index is -0.205. The summed E-state index contributed by atoms with van der Waals surface area (Å²) < 4.78 is 0. The summed E-state index contributed by atoms with van der Waals surface area (Å²) in [7, 11) is 0. The summed E-state index contributed by atoms with van der Waals surface area (Å²) in [6.45, 7) is 2.02. The number of nitrogens with zero attached hydrogens (tertiary/aromatic N) is 4. The molecule has 2 heterocycles. The van der Waals surface area contributed by atoms with E-state index >= 15 is 0 Å². The first-order chi connectivity index (χ1) is 9.22. The van der Waals surface area contributed by atoms with Crippen molar-refractivity contribution in [3.8, 4) is 6.07 Å². The van der Waals surface area contributed by atoms with Crippen LogP contribution in [0.3, 0.4) is 0 Å². The normalized spacial score (nSPS) is 10.1. The van der Waals surface area contributed by atoms with Crippen LogP contribution in [0.25, 0.3) is 0 Å². The molecule has 19 heavy (non-hydrogen) atoms. The minimum absolute atomic E-state index is 0.205. The monoisotopic (exact) mass is 273 g/mol. The van der Waals surface area contributed by atoms with Crippen LogP contribution in [0.1, 0.15) is 24.6 Å². The molecule has 7 heteroatoms. The number of rotatable bonds is 4. The van der Waals surface area contributed by atoms with Crippen LogP contribution in [-0.4, -0.2) is 20.2 Å². The van der Waals surface area contributed by atoms with Crippen molar-refractivity contribution < 1.29 is 0 Å². The average Bonchev–Trinajstić information content (AvgIpc) is 2.39. The van der Waals surface area contributed by atoms with Gasteiger partial charge in [0.05, 0.1) is 11.8 Å². The van der Waals surface area contributed by atoms with E-state index in [1.807, 2.05) is 13.0 Å². The van der Waals surface area contributed by atoms with Gasteiger partial charge < -0.3 is 4.98 Å². The lowest BCUT2D eigenvalue weighted by Gasteiger charge is -2.03. The molecule has 0 spiro atoms. The summed E-state index contributed by atoms with van der Waals surface area (Å²) in [6, 6.07) is 5.08. The molecule has 0 aliphatic carbocycles. The molecule has 0 bridgehead atoms. The van der Waals surface area contributed by atoms with Crippen LogP contribution in [0, 0.1) is 11.3 Å². The molecule has 0 radical (unpaired) electrons. The fourth-order valence-corrected chi connectivity index (χ4v) is 2.30. The number of hydrogen-bond donors (Lipinski definition) is 1. The second-order valence-corrected chi connectivity index (χ2v) is 4.73. The number of nitrogens with one attached hydrogen (secondary N) is 1. The number of aryl methyl sites for hydroxylation is 1. The topological polar surface area (TPSA) is 95.3 Å². The number of nitriles is 1. The van der Waals surface area contributed by atoms with Gasteiger partial charge in [-0.3, -0.25) is 4.79 Å². The van der Waals surface area contributed by atoms with E-state index in [2.05, 4.69) is 20.2 Å². The molecule has 2 aromatic rings. The Labute approximate surface area is 113 Å². The van der Waals surface area contributed by atoms with E-state index in [1.165, 1.54) is 12.3 Å². The molecule has 0 saturated heterocycles. The second kappa shape index (κ2) is 6.11. The highest BCUT2D eigenvalue weighted by Gasteiger charge is 2.09. The second-order valence-electron chi connectivity index (χ2n) is 3.76. The Morgan fingerprint density at radius 2 is 2.37 bits per heavy atom. The molecule has 96 valence electrons. The van der Waals surface area contributed by atoms with Crippen LogP contribution in [0.5, 0.6) is 0 Å². The van der Waals surface area contributed by atoms with E-state index in [4.69, 9.17) is 5.26 Å². The summed E-state index contributed by atoms with van der Waals surface area (Å²) in [4.78, 5) is 18.5. The lowest BCUT2D eigenvalue weighted by Crippen LogP contribution is -2.10. The van der Waals surface area contributed by atoms with Gasteiger partial charge in [0.25, 0.3) is 5.56 Å². The Hall–Kier alpha value is -2.20. The highest BCUT2D eigenvalue weighted by Crippen LogP contribution is 2.24. The van der Waals surface area contributed by atoms with Gasteiger partial charge in [-0.2, -0.15) is 10.4 Å². The van der Waals surface area contributed by atoms with Gasteiger partial charge in [0.15, 0.2) is 5.16 Å². The fraction of sp³-hybridized carbons (Fsp3) is 0.250. The Bertz CT molecular complexity index is 676. The summed E-state index contributed by atoms with van der Waals surface area (Å²) in [5.41, 5.74) is 0.933. The maximum atomic E-state index is 11.5. The van der Waals surface area contributed by atoms with Crippen molar-refractivity contribution in [1.82, 2.24) is 20.2 Å². The molecule has 2 rings (SSSR count). The van der Waals surface area contributed by atoms with Crippen LogP contribution in [0.15, 0.2) is 33.3 Å². The zero-order valence-corrected chi connectivity index (χ0v) is 11.1. The first-order valence-corrected chi connectivity index (χ1v) is 6.54. The third-order valence-electron chi connectivity index (χ3n) is 2.28. The van der Waals surface area contributed by atoms with Gasteiger partial charge in [-0.05, 0) is 24.2 Å². The lowest BCUT2D eigenvalue weighted by molar-refractivity contribution is 0.812. The van der Waals surface area contributed by atoms with Crippen molar-refractivity contribution in [3.05, 3.63) is 39.9 Å². The average molecular weight is 273 g/mol. The maximum absolute atomic E-state index is 11.5. The first-order valence-electron chi connectivity index (χ1n) is 5.73. The molecule has 0 fully saturated rings. The number of H-pyrrole nitrogens is 1. The lowest BCUT2D eigenvalue weighted by atomic mass is 10.2. The van der Waals surface area contributed by atoms with Crippen molar-refractivity contribution in [2.45, 2.75) is 29.9 Å². The van der Waals surface area contributed by atoms with Crippen LogP contribution >= 0.6 is 11.8 Å². The van der Waals surface area contributed by atoms with E-state index in [9.17, 15) is 4.79 Å². The molecular formula is C12H11N5OS. The molecule has 0 saturated carbocycles. The first kappa shape index (κ1) is 13.2. The van der Waals surface area contributed by atoms with Gasteiger partial charge in [0, 0.05) is 11.8 Å². The van der Waals surface area contributed by atoms with Gasteiger partial charge >= 0.3 is 0 Å². The Morgan fingerprint density at radius 3 is 3.11 bits per heavy atom. The predicted molar refractivity (Wildman–Crippen MR) is 69.7 cm³/mol. The highest BCUT2D eigenvalue weighted by atomic mass is 32.2. The van der Waals surface area contributed by atoms with E-state index < -0.39 is 0 Å². The summed E-state index contributed by atoms with van der Waals surface area (Å²) in [5.74, 6) is 0. The summed E-state index contributed by atoms with van der Waals surface area (Å²) >= 11 is 1.13. The number of aromatic amines is 1. The predicted octanol–water partition coefficient (Wildman–Crippen LogP) is 1.54. The van der Waals surface area contributed by atoms with Crippen LogP contribution < -0.4 is 5.56 Å². The van der Waals surface area contributed by atoms with Gasteiger partial charge in [-0.25, -0.2) is 4.98 Å². The van der Waals surface area contributed by atoms with Crippen LogP contribution in [0.2, 0.25) is 0 Å². The molecule has 2 aromatic heterocycles. The van der Waals surface area contributed by atoms with E-state index in [1.54, 1.807) is 6.07 Å². The molecule has 0 aromatic carbocycles. The molecule has 1 N–H and O–H groups in total. The molecule has 0 unspecified atom stereocenters. The number of hydrogen-bond acceptors (Lipinski definition) is 6. The van der Waals surface area contributed by atoms with Crippen molar-refractivity contribution in [1.29, 1.82) is 5.26 Å². The highest BCUT2D eigenvalue weighted by molar-refractivity contribution is 7.99. The maximum Gasteiger partial charge on any atom is 0.251 e. The van der Waals surface area contributed by atoms with E-state index in [-0.39, 0.29) is 5.56 Å². The molecule has 6 nitrogen and oxygen atoms in total. The zero-order valence-electron chi connectivity index (χ0n) is 10.3. The third kappa shape index (κ3) is 3.39. The smallest absolute Gasteiger partial charge is 0.251 e. The molecule has 0 atom stereocenters. The van der Waals surface area contributed by atoms with Crippen LogP contribution in [0.4, 0.5) is 0 Å². The van der Waals surface area contributed by atoms with Gasteiger partial charge in [-0.1, -0.05) is 13.3 Å². The van der Waals surface area contributed by atoms with Crippen molar-refractivity contribution in [3.63, 3.8) is 0 Å². The molecule has 0 amide bonds.